The number of carbonyl (C=O) groups is 1. The lowest BCUT2D eigenvalue weighted by atomic mass is 9.72. The van der Waals surface area contributed by atoms with E-state index in [1.54, 1.807) is 14.2 Å². The first-order valence-corrected chi connectivity index (χ1v) is 8.99. The van der Waals surface area contributed by atoms with E-state index in [-0.39, 0.29) is 11.6 Å². The lowest BCUT2D eigenvalue weighted by molar-refractivity contribution is 0.177. The third-order valence-corrected chi connectivity index (χ3v) is 5.03. The maximum absolute atomic E-state index is 12.4. The van der Waals surface area contributed by atoms with Crippen molar-refractivity contribution in [1.29, 1.82) is 0 Å². The van der Waals surface area contributed by atoms with Crippen molar-refractivity contribution >= 4 is 6.03 Å². The van der Waals surface area contributed by atoms with Gasteiger partial charge in [0.25, 0.3) is 0 Å². The molecule has 3 rings (SSSR count). The van der Waals surface area contributed by atoms with Gasteiger partial charge < -0.3 is 20.1 Å². The van der Waals surface area contributed by atoms with Crippen molar-refractivity contribution in [2.75, 3.05) is 20.8 Å². The minimum atomic E-state index is -0.214. The summed E-state index contributed by atoms with van der Waals surface area (Å²) in [5.74, 6) is 1.41. The van der Waals surface area contributed by atoms with Crippen molar-refractivity contribution in [3.63, 3.8) is 0 Å². The lowest BCUT2D eigenvalue weighted by Crippen LogP contribution is -2.54. The van der Waals surface area contributed by atoms with E-state index in [0.29, 0.717) is 18.0 Å². The Labute approximate surface area is 154 Å². The molecular weight excluding hydrogens is 328 g/mol. The molecule has 0 heterocycles. The fourth-order valence-corrected chi connectivity index (χ4v) is 3.39. The third-order valence-electron chi connectivity index (χ3n) is 5.03. The Morgan fingerprint density at radius 2 is 1.77 bits per heavy atom. The molecule has 0 saturated heterocycles. The van der Waals surface area contributed by atoms with Gasteiger partial charge in [-0.3, -0.25) is 0 Å². The van der Waals surface area contributed by atoms with E-state index < -0.39 is 0 Å². The number of amides is 2. The van der Waals surface area contributed by atoms with E-state index in [4.69, 9.17) is 9.47 Å². The first-order chi connectivity index (χ1) is 12.7. The zero-order valence-corrected chi connectivity index (χ0v) is 15.4. The largest absolute Gasteiger partial charge is 0.493 e. The van der Waals surface area contributed by atoms with Gasteiger partial charge in [0, 0.05) is 6.54 Å². The molecule has 0 spiro atoms. The van der Waals surface area contributed by atoms with Gasteiger partial charge in [-0.25, -0.2) is 4.79 Å². The van der Waals surface area contributed by atoms with Crippen LogP contribution in [0.15, 0.2) is 48.5 Å². The second-order valence-electron chi connectivity index (χ2n) is 6.62. The average molecular weight is 354 g/mol. The van der Waals surface area contributed by atoms with Crippen molar-refractivity contribution in [3.8, 4) is 11.5 Å². The normalized spacial score (nSPS) is 14.8. The summed E-state index contributed by atoms with van der Waals surface area (Å²) in [5.41, 5.74) is 2.06. The molecule has 0 aliphatic heterocycles. The third kappa shape index (κ3) is 3.93. The number of benzene rings is 2. The number of ether oxygens (including phenoxy) is 2. The Morgan fingerprint density at radius 3 is 2.38 bits per heavy atom. The Kier molecular flexibility index (Phi) is 5.66. The van der Waals surface area contributed by atoms with Crippen LogP contribution in [-0.2, 0) is 12.0 Å². The maximum Gasteiger partial charge on any atom is 0.315 e. The van der Waals surface area contributed by atoms with E-state index in [1.165, 1.54) is 5.56 Å². The highest BCUT2D eigenvalue weighted by Gasteiger charge is 2.39. The highest BCUT2D eigenvalue weighted by atomic mass is 16.5. The number of hydrogen-bond donors (Lipinski definition) is 2. The van der Waals surface area contributed by atoms with Crippen LogP contribution in [0.1, 0.15) is 30.4 Å². The average Bonchev–Trinajstić information content (AvgIpc) is 2.65. The van der Waals surface area contributed by atoms with Crippen LogP contribution in [0, 0.1) is 0 Å². The van der Waals surface area contributed by atoms with Gasteiger partial charge in [0.1, 0.15) is 0 Å². The van der Waals surface area contributed by atoms with Crippen LogP contribution in [0.5, 0.6) is 11.5 Å². The summed E-state index contributed by atoms with van der Waals surface area (Å²) >= 11 is 0. The molecule has 0 aromatic heterocycles. The van der Waals surface area contributed by atoms with Gasteiger partial charge in [-0.1, -0.05) is 36.4 Å². The van der Waals surface area contributed by atoms with E-state index in [1.807, 2.05) is 36.4 Å². The molecule has 1 aliphatic carbocycles. The maximum atomic E-state index is 12.4. The summed E-state index contributed by atoms with van der Waals surface area (Å²) in [7, 11) is 3.24. The molecule has 26 heavy (non-hydrogen) atoms. The SMILES string of the molecule is COc1ccc(CCNC(=O)NC2(c3ccccc3)CCC2)cc1OC. The van der Waals surface area contributed by atoms with E-state index in [9.17, 15) is 4.79 Å². The summed E-state index contributed by atoms with van der Waals surface area (Å²) in [5, 5.41) is 6.15. The van der Waals surface area contributed by atoms with Gasteiger partial charge in [0.2, 0.25) is 0 Å². The molecule has 5 nitrogen and oxygen atoms in total. The van der Waals surface area contributed by atoms with Crippen molar-refractivity contribution < 1.29 is 14.3 Å². The Morgan fingerprint density at radius 1 is 1.04 bits per heavy atom. The molecule has 1 saturated carbocycles. The van der Waals surface area contributed by atoms with Crippen molar-refractivity contribution in [2.45, 2.75) is 31.2 Å². The summed E-state index contributed by atoms with van der Waals surface area (Å²) in [6.07, 6.45) is 3.84. The summed E-state index contributed by atoms with van der Waals surface area (Å²) in [6, 6.07) is 15.9. The second kappa shape index (κ2) is 8.13. The monoisotopic (exact) mass is 354 g/mol. The van der Waals surface area contributed by atoms with Gasteiger partial charge in [-0.2, -0.15) is 0 Å². The van der Waals surface area contributed by atoms with Crippen LogP contribution in [0.2, 0.25) is 0 Å². The highest BCUT2D eigenvalue weighted by molar-refractivity contribution is 5.75. The van der Waals surface area contributed by atoms with Crippen LogP contribution < -0.4 is 20.1 Å². The Bertz CT molecular complexity index is 742. The number of nitrogens with one attached hydrogen (secondary N) is 2. The molecule has 2 N–H and O–H groups in total. The quantitative estimate of drug-likeness (QED) is 0.798. The Hall–Kier alpha value is -2.69. The summed E-state index contributed by atoms with van der Waals surface area (Å²) in [6.45, 7) is 0.562. The Balaban J connectivity index is 1.53. The molecule has 2 amide bonds. The zero-order valence-electron chi connectivity index (χ0n) is 15.4. The lowest BCUT2D eigenvalue weighted by Gasteiger charge is -2.43. The van der Waals surface area contributed by atoms with Crippen LogP contribution >= 0.6 is 0 Å². The number of methoxy groups -OCH3 is 2. The standard InChI is InChI=1S/C21H26N2O3/c1-25-18-10-9-16(15-19(18)26-2)11-14-22-20(24)23-21(12-6-13-21)17-7-4-3-5-8-17/h3-5,7-10,15H,6,11-14H2,1-2H3,(H2,22,23,24). The minimum Gasteiger partial charge on any atom is -0.493 e. The van der Waals surface area contributed by atoms with Crippen molar-refractivity contribution in [3.05, 3.63) is 59.7 Å². The number of urea groups is 1. The summed E-state index contributed by atoms with van der Waals surface area (Å²) in [4.78, 5) is 12.4. The van der Waals surface area contributed by atoms with Crippen LogP contribution in [0.4, 0.5) is 4.79 Å². The van der Waals surface area contributed by atoms with Crippen LogP contribution in [-0.4, -0.2) is 26.8 Å². The number of hydrogen-bond acceptors (Lipinski definition) is 3. The molecular formula is C21H26N2O3. The molecule has 0 atom stereocenters. The fourth-order valence-electron chi connectivity index (χ4n) is 3.39. The van der Waals surface area contributed by atoms with Gasteiger partial charge in [-0.15, -0.1) is 0 Å². The van der Waals surface area contributed by atoms with Crippen molar-refractivity contribution in [2.24, 2.45) is 0 Å². The van der Waals surface area contributed by atoms with E-state index in [0.717, 1.165) is 31.2 Å². The van der Waals surface area contributed by atoms with Crippen LogP contribution in [0.25, 0.3) is 0 Å². The molecule has 0 bridgehead atoms. The molecule has 2 aromatic rings. The number of rotatable bonds is 7. The smallest absolute Gasteiger partial charge is 0.315 e. The first-order valence-electron chi connectivity index (χ1n) is 8.99. The second-order valence-corrected chi connectivity index (χ2v) is 6.62. The first kappa shape index (κ1) is 18.1. The van der Waals surface area contributed by atoms with Gasteiger partial charge in [0.05, 0.1) is 19.8 Å². The van der Waals surface area contributed by atoms with E-state index >= 15 is 0 Å². The highest BCUT2D eigenvalue weighted by Crippen LogP contribution is 2.41. The number of carbonyl (C=O) groups excluding carboxylic acids is 1. The van der Waals surface area contributed by atoms with Gasteiger partial charge >= 0.3 is 6.03 Å². The predicted molar refractivity (Wildman–Crippen MR) is 102 cm³/mol. The molecule has 0 unspecified atom stereocenters. The minimum absolute atomic E-state index is 0.117. The summed E-state index contributed by atoms with van der Waals surface area (Å²) < 4.78 is 10.6. The van der Waals surface area contributed by atoms with Gasteiger partial charge in [-0.05, 0) is 48.9 Å². The topological polar surface area (TPSA) is 59.6 Å². The molecule has 1 aliphatic rings. The molecule has 1 fully saturated rings. The molecule has 2 aromatic carbocycles. The predicted octanol–water partition coefficient (Wildman–Crippen LogP) is 3.62. The van der Waals surface area contributed by atoms with Crippen LogP contribution in [0.3, 0.4) is 0 Å². The molecule has 138 valence electrons. The zero-order chi connectivity index (χ0) is 18.4. The molecule has 5 heteroatoms. The fraction of sp³-hybridized carbons (Fsp3) is 0.381. The van der Waals surface area contributed by atoms with Crippen molar-refractivity contribution in [1.82, 2.24) is 10.6 Å². The van der Waals surface area contributed by atoms with Gasteiger partial charge in [0.15, 0.2) is 11.5 Å². The molecule has 0 radical (unpaired) electrons. The van der Waals surface area contributed by atoms with E-state index in [2.05, 4.69) is 22.8 Å².